The molecule has 0 fully saturated rings. The summed E-state index contributed by atoms with van der Waals surface area (Å²) in [7, 11) is 1.65. The Kier molecular flexibility index (Phi) is 5.90. The van der Waals surface area contributed by atoms with E-state index in [0.717, 1.165) is 34.5 Å². The van der Waals surface area contributed by atoms with Crippen LogP contribution in [-0.2, 0) is 0 Å². The van der Waals surface area contributed by atoms with E-state index >= 15 is 0 Å². The van der Waals surface area contributed by atoms with Crippen LogP contribution in [0, 0.1) is 6.92 Å². The van der Waals surface area contributed by atoms with Crippen molar-refractivity contribution in [2.75, 3.05) is 19.5 Å². The fraction of sp³-hybridized carbons (Fsp3) is 0.278. The molecule has 0 amide bonds. The van der Waals surface area contributed by atoms with Gasteiger partial charge in [0.2, 0.25) is 5.16 Å². The molecule has 0 radical (unpaired) electrons. The number of thioether (sulfide) groups is 1. The summed E-state index contributed by atoms with van der Waals surface area (Å²) in [5, 5.41) is 12.7. The number of aromatic nitrogens is 4. The molecule has 6 nitrogen and oxygen atoms in total. The van der Waals surface area contributed by atoms with Gasteiger partial charge in [0.05, 0.1) is 19.4 Å². The first-order valence-electron chi connectivity index (χ1n) is 8.01. The van der Waals surface area contributed by atoms with E-state index in [-0.39, 0.29) is 0 Å². The summed E-state index contributed by atoms with van der Waals surface area (Å²) in [5.41, 5.74) is 2.18. The number of rotatable bonds is 8. The number of methoxy groups -OCH3 is 1. The van der Waals surface area contributed by atoms with Crippen molar-refractivity contribution in [3.05, 3.63) is 54.1 Å². The Bertz CT molecular complexity index is 788. The summed E-state index contributed by atoms with van der Waals surface area (Å²) in [4.78, 5) is 0. The zero-order chi connectivity index (χ0) is 17.5. The van der Waals surface area contributed by atoms with Crippen LogP contribution in [0.15, 0.2) is 53.7 Å². The number of aryl methyl sites for hydroxylation is 1. The summed E-state index contributed by atoms with van der Waals surface area (Å²) in [6.07, 6.45) is 0.900. The summed E-state index contributed by atoms with van der Waals surface area (Å²) in [5.74, 6) is 2.55. The quantitative estimate of drug-likeness (QED) is 0.454. The molecule has 7 heteroatoms. The third-order valence-electron chi connectivity index (χ3n) is 3.57. The SMILES string of the molecule is COc1ccc(OCCCSc2nnnn2-c2ccc(C)cc2)cc1. The predicted octanol–water partition coefficient (Wildman–Crippen LogP) is 3.54. The van der Waals surface area contributed by atoms with Crippen LogP contribution in [0.4, 0.5) is 0 Å². The van der Waals surface area contributed by atoms with Gasteiger partial charge in [0.1, 0.15) is 11.5 Å². The van der Waals surface area contributed by atoms with Crippen molar-refractivity contribution in [3.8, 4) is 17.2 Å². The predicted molar refractivity (Wildman–Crippen MR) is 97.7 cm³/mol. The van der Waals surface area contributed by atoms with Crippen LogP contribution in [-0.4, -0.2) is 39.7 Å². The van der Waals surface area contributed by atoms with Crippen LogP contribution in [0.3, 0.4) is 0 Å². The van der Waals surface area contributed by atoms with Gasteiger partial charge in [0.25, 0.3) is 0 Å². The Morgan fingerprint density at radius 3 is 2.44 bits per heavy atom. The Morgan fingerprint density at radius 1 is 1.00 bits per heavy atom. The number of hydrogen-bond acceptors (Lipinski definition) is 6. The van der Waals surface area contributed by atoms with Crippen molar-refractivity contribution >= 4 is 11.8 Å². The Hall–Kier alpha value is -2.54. The number of benzene rings is 2. The Balaban J connectivity index is 1.46. The molecule has 0 atom stereocenters. The molecule has 25 heavy (non-hydrogen) atoms. The maximum absolute atomic E-state index is 5.73. The molecule has 0 saturated carbocycles. The molecule has 3 aromatic rings. The van der Waals surface area contributed by atoms with Crippen molar-refractivity contribution in [1.82, 2.24) is 20.2 Å². The first-order chi connectivity index (χ1) is 12.3. The van der Waals surface area contributed by atoms with Gasteiger partial charge in [0, 0.05) is 5.75 Å². The number of nitrogens with zero attached hydrogens (tertiary/aromatic N) is 4. The maximum Gasteiger partial charge on any atom is 0.214 e. The van der Waals surface area contributed by atoms with Gasteiger partial charge in [-0.2, -0.15) is 4.68 Å². The lowest BCUT2D eigenvalue weighted by Gasteiger charge is -2.07. The van der Waals surface area contributed by atoms with Gasteiger partial charge in [-0.15, -0.1) is 5.10 Å². The van der Waals surface area contributed by atoms with Crippen LogP contribution >= 0.6 is 11.8 Å². The lowest BCUT2D eigenvalue weighted by molar-refractivity contribution is 0.318. The Labute approximate surface area is 151 Å². The molecule has 1 aromatic heterocycles. The van der Waals surface area contributed by atoms with E-state index in [1.54, 1.807) is 23.6 Å². The van der Waals surface area contributed by atoms with E-state index < -0.39 is 0 Å². The minimum atomic E-state index is 0.644. The highest BCUT2D eigenvalue weighted by Crippen LogP contribution is 2.20. The van der Waals surface area contributed by atoms with Crippen molar-refractivity contribution in [2.24, 2.45) is 0 Å². The zero-order valence-electron chi connectivity index (χ0n) is 14.3. The summed E-state index contributed by atoms with van der Waals surface area (Å²) in [6.45, 7) is 2.70. The fourth-order valence-electron chi connectivity index (χ4n) is 2.20. The first-order valence-corrected chi connectivity index (χ1v) is 9.00. The highest BCUT2D eigenvalue weighted by atomic mass is 32.2. The lowest BCUT2D eigenvalue weighted by atomic mass is 10.2. The second-order valence-corrected chi connectivity index (χ2v) is 6.50. The Morgan fingerprint density at radius 2 is 1.72 bits per heavy atom. The molecule has 0 N–H and O–H groups in total. The molecule has 0 saturated heterocycles. The van der Waals surface area contributed by atoms with Gasteiger partial charge in [-0.05, 0) is 60.2 Å². The second-order valence-electron chi connectivity index (χ2n) is 5.43. The van der Waals surface area contributed by atoms with Crippen LogP contribution in [0.5, 0.6) is 11.5 Å². The largest absolute Gasteiger partial charge is 0.497 e. The van der Waals surface area contributed by atoms with Crippen molar-refractivity contribution in [2.45, 2.75) is 18.5 Å². The fourth-order valence-corrected chi connectivity index (χ4v) is 3.00. The maximum atomic E-state index is 5.73. The highest BCUT2D eigenvalue weighted by Gasteiger charge is 2.08. The average molecular weight is 356 g/mol. The highest BCUT2D eigenvalue weighted by molar-refractivity contribution is 7.99. The van der Waals surface area contributed by atoms with E-state index in [0.29, 0.717) is 6.61 Å². The average Bonchev–Trinajstić information content (AvgIpc) is 3.11. The molecule has 1 heterocycles. The molecule has 2 aromatic carbocycles. The van der Waals surface area contributed by atoms with Crippen LogP contribution < -0.4 is 9.47 Å². The summed E-state index contributed by atoms with van der Waals surface area (Å²) >= 11 is 1.62. The van der Waals surface area contributed by atoms with Crippen molar-refractivity contribution < 1.29 is 9.47 Å². The molecule has 0 aliphatic rings. The standard InChI is InChI=1S/C18H20N4O2S/c1-14-4-6-15(7-5-14)22-18(19-20-21-22)25-13-3-12-24-17-10-8-16(23-2)9-11-17/h4-11H,3,12-13H2,1-2H3. The number of ether oxygens (including phenoxy) is 2. The molecular formula is C18H20N4O2S. The van der Waals surface area contributed by atoms with E-state index in [2.05, 4.69) is 22.4 Å². The summed E-state index contributed by atoms with van der Waals surface area (Å²) in [6, 6.07) is 15.7. The number of hydrogen-bond donors (Lipinski definition) is 0. The van der Waals surface area contributed by atoms with E-state index in [9.17, 15) is 0 Å². The zero-order valence-corrected chi connectivity index (χ0v) is 15.1. The second kappa shape index (κ2) is 8.53. The van der Waals surface area contributed by atoms with Crippen molar-refractivity contribution in [1.29, 1.82) is 0 Å². The van der Waals surface area contributed by atoms with Crippen LogP contribution in [0.25, 0.3) is 5.69 Å². The minimum Gasteiger partial charge on any atom is -0.497 e. The molecule has 3 rings (SSSR count). The monoisotopic (exact) mass is 356 g/mol. The molecule has 0 aliphatic carbocycles. The van der Waals surface area contributed by atoms with Crippen LogP contribution in [0.1, 0.15) is 12.0 Å². The van der Waals surface area contributed by atoms with Crippen LogP contribution in [0.2, 0.25) is 0 Å². The minimum absolute atomic E-state index is 0.644. The van der Waals surface area contributed by atoms with Gasteiger partial charge in [0.15, 0.2) is 0 Å². The topological polar surface area (TPSA) is 62.1 Å². The van der Waals surface area contributed by atoms with Gasteiger partial charge in [-0.1, -0.05) is 29.5 Å². The summed E-state index contributed by atoms with van der Waals surface area (Å²) < 4.78 is 12.6. The van der Waals surface area contributed by atoms with E-state index in [1.165, 1.54) is 5.56 Å². The molecule has 130 valence electrons. The van der Waals surface area contributed by atoms with Crippen molar-refractivity contribution in [3.63, 3.8) is 0 Å². The van der Waals surface area contributed by atoms with Gasteiger partial charge in [-0.25, -0.2) is 0 Å². The first kappa shape index (κ1) is 17.3. The lowest BCUT2D eigenvalue weighted by Crippen LogP contribution is -2.01. The molecule has 0 aliphatic heterocycles. The molecule has 0 bridgehead atoms. The van der Waals surface area contributed by atoms with Gasteiger partial charge >= 0.3 is 0 Å². The van der Waals surface area contributed by atoms with Gasteiger partial charge < -0.3 is 9.47 Å². The molecular weight excluding hydrogens is 336 g/mol. The number of tetrazole rings is 1. The molecule has 0 spiro atoms. The van der Waals surface area contributed by atoms with E-state index in [1.807, 2.05) is 48.5 Å². The third-order valence-corrected chi connectivity index (χ3v) is 4.57. The molecule has 0 unspecified atom stereocenters. The third kappa shape index (κ3) is 4.73. The normalized spacial score (nSPS) is 10.6. The smallest absolute Gasteiger partial charge is 0.214 e. The van der Waals surface area contributed by atoms with E-state index in [4.69, 9.17) is 9.47 Å². The van der Waals surface area contributed by atoms with Gasteiger partial charge in [-0.3, -0.25) is 0 Å².